The van der Waals surface area contributed by atoms with E-state index in [-0.39, 0.29) is 10.7 Å². The second kappa shape index (κ2) is 5.41. The number of nitrogens with zero attached hydrogens (tertiary/aromatic N) is 1. The number of hydrogen-bond donors (Lipinski definition) is 3. The molecular weight excluding hydrogens is 264 g/mol. The van der Waals surface area contributed by atoms with Crippen LogP contribution < -0.4 is 10.5 Å². The van der Waals surface area contributed by atoms with Crippen LogP contribution in [0.5, 0.6) is 0 Å². The molecule has 2 rings (SSSR count). The summed E-state index contributed by atoms with van der Waals surface area (Å²) in [6, 6.07) is 7.87. The van der Waals surface area contributed by atoms with E-state index in [2.05, 4.69) is 14.9 Å². The van der Waals surface area contributed by atoms with Crippen LogP contribution in [0, 0.1) is 6.92 Å². The first kappa shape index (κ1) is 13.6. The molecular formula is C12H16N4O2S. The number of nitrogens with two attached hydrogens (primary N) is 1. The number of benzene rings is 1. The maximum atomic E-state index is 11.9. The number of aryl methyl sites for hydroxylation is 1. The molecule has 1 heterocycles. The molecule has 4 N–H and O–H groups in total. The molecule has 0 fully saturated rings. The summed E-state index contributed by atoms with van der Waals surface area (Å²) in [5.74, 6) is 0.0448. The minimum atomic E-state index is -3.60. The fourth-order valence-electron chi connectivity index (χ4n) is 1.79. The lowest BCUT2D eigenvalue weighted by Gasteiger charge is -2.07. The van der Waals surface area contributed by atoms with Gasteiger partial charge in [0.15, 0.2) is 0 Å². The second-order valence-electron chi connectivity index (χ2n) is 4.22. The first-order valence-electron chi connectivity index (χ1n) is 5.84. The molecule has 0 unspecified atom stereocenters. The van der Waals surface area contributed by atoms with Crippen LogP contribution in [0.1, 0.15) is 11.1 Å². The Hall–Kier alpha value is -1.86. The van der Waals surface area contributed by atoms with Gasteiger partial charge in [-0.15, -0.1) is 0 Å². The molecule has 0 radical (unpaired) electrons. The fourth-order valence-corrected chi connectivity index (χ4v) is 2.84. The summed E-state index contributed by atoms with van der Waals surface area (Å²) < 4.78 is 26.4. The molecule has 6 nitrogen and oxygen atoms in total. The number of rotatable bonds is 5. The highest BCUT2D eigenvalue weighted by Crippen LogP contribution is 2.13. The highest BCUT2D eigenvalue weighted by Gasteiger charge is 2.18. The van der Waals surface area contributed by atoms with Gasteiger partial charge in [0.05, 0.1) is 6.20 Å². The Labute approximate surface area is 112 Å². The molecule has 1 aromatic heterocycles. The summed E-state index contributed by atoms with van der Waals surface area (Å²) in [4.78, 5) is -0.0164. The van der Waals surface area contributed by atoms with E-state index in [0.717, 1.165) is 11.1 Å². The Kier molecular flexibility index (Phi) is 3.87. The van der Waals surface area contributed by atoms with Crippen LogP contribution in [0.25, 0.3) is 0 Å². The fraction of sp³-hybridized carbons (Fsp3) is 0.250. The van der Waals surface area contributed by atoms with Gasteiger partial charge in [-0.05, 0) is 24.5 Å². The van der Waals surface area contributed by atoms with E-state index in [1.165, 1.54) is 6.20 Å². The van der Waals surface area contributed by atoms with Gasteiger partial charge < -0.3 is 5.73 Å². The number of aromatic nitrogens is 2. The van der Waals surface area contributed by atoms with Crippen molar-refractivity contribution in [3.8, 4) is 0 Å². The molecule has 0 aliphatic carbocycles. The van der Waals surface area contributed by atoms with E-state index < -0.39 is 10.0 Å². The van der Waals surface area contributed by atoms with Crippen molar-refractivity contribution in [2.75, 3.05) is 12.3 Å². The topological polar surface area (TPSA) is 101 Å². The lowest BCUT2D eigenvalue weighted by Crippen LogP contribution is -2.26. The molecule has 0 saturated carbocycles. The lowest BCUT2D eigenvalue weighted by atomic mass is 10.1. The minimum absolute atomic E-state index is 0.0164. The van der Waals surface area contributed by atoms with Gasteiger partial charge in [0.2, 0.25) is 10.0 Å². The highest BCUT2D eigenvalue weighted by atomic mass is 32.2. The van der Waals surface area contributed by atoms with Crippen molar-refractivity contribution in [3.63, 3.8) is 0 Å². The Morgan fingerprint density at radius 1 is 1.37 bits per heavy atom. The monoisotopic (exact) mass is 280 g/mol. The summed E-state index contributed by atoms with van der Waals surface area (Å²) >= 11 is 0. The van der Waals surface area contributed by atoms with Crippen molar-refractivity contribution in [2.24, 2.45) is 0 Å². The Morgan fingerprint density at radius 2 is 2.11 bits per heavy atom. The predicted octanol–water partition coefficient (Wildman–Crippen LogP) is 0.821. The lowest BCUT2D eigenvalue weighted by molar-refractivity contribution is 0.582. The van der Waals surface area contributed by atoms with Crippen LogP contribution in [0.4, 0.5) is 5.82 Å². The quantitative estimate of drug-likeness (QED) is 0.754. The van der Waals surface area contributed by atoms with Gasteiger partial charge in [-0.25, -0.2) is 13.1 Å². The Balaban J connectivity index is 2.00. The molecule has 2 aromatic rings. The zero-order valence-electron chi connectivity index (χ0n) is 10.6. The van der Waals surface area contributed by atoms with Gasteiger partial charge in [-0.2, -0.15) is 5.10 Å². The van der Waals surface area contributed by atoms with Gasteiger partial charge >= 0.3 is 0 Å². The van der Waals surface area contributed by atoms with E-state index in [9.17, 15) is 8.42 Å². The SMILES string of the molecule is Cc1ccccc1CCNS(=O)(=O)c1cn[nH]c1N. The van der Waals surface area contributed by atoms with E-state index in [4.69, 9.17) is 5.73 Å². The van der Waals surface area contributed by atoms with E-state index in [0.29, 0.717) is 13.0 Å². The third kappa shape index (κ3) is 3.12. The van der Waals surface area contributed by atoms with Crippen LogP contribution in [-0.2, 0) is 16.4 Å². The maximum absolute atomic E-state index is 11.9. The summed E-state index contributed by atoms with van der Waals surface area (Å²) in [5.41, 5.74) is 7.76. The zero-order chi connectivity index (χ0) is 13.9. The average Bonchev–Trinajstić information content (AvgIpc) is 2.79. The zero-order valence-corrected chi connectivity index (χ0v) is 11.4. The third-order valence-corrected chi connectivity index (χ3v) is 4.36. The molecule has 0 amide bonds. The van der Waals surface area contributed by atoms with Gasteiger partial charge in [0.1, 0.15) is 10.7 Å². The Morgan fingerprint density at radius 3 is 2.74 bits per heavy atom. The number of anilines is 1. The molecule has 0 bridgehead atoms. The van der Waals surface area contributed by atoms with E-state index in [1.54, 1.807) is 0 Å². The normalized spacial score (nSPS) is 11.6. The Bertz CT molecular complexity index is 664. The maximum Gasteiger partial charge on any atom is 0.245 e. The van der Waals surface area contributed by atoms with Crippen LogP contribution in [0.3, 0.4) is 0 Å². The van der Waals surface area contributed by atoms with E-state index in [1.807, 2.05) is 31.2 Å². The standard InChI is InChI=1S/C12H16N4O2S/c1-9-4-2-3-5-10(9)6-7-15-19(17,18)11-8-14-16-12(11)13/h2-5,8,15H,6-7H2,1H3,(H3,13,14,16). The number of sulfonamides is 1. The van der Waals surface area contributed by atoms with Crippen molar-refractivity contribution in [1.29, 1.82) is 0 Å². The second-order valence-corrected chi connectivity index (χ2v) is 5.96. The summed E-state index contributed by atoms with van der Waals surface area (Å²) in [7, 11) is -3.60. The van der Waals surface area contributed by atoms with Gasteiger partial charge in [0.25, 0.3) is 0 Å². The smallest absolute Gasteiger partial charge is 0.245 e. The van der Waals surface area contributed by atoms with Crippen molar-refractivity contribution in [3.05, 3.63) is 41.6 Å². The van der Waals surface area contributed by atoms with E-state index >= 15 is 0 Å². The first-order valence-corrected chi connectivity index (χ1v) is 7.32. The van der Waals surface area contributed by atoms with Crippen LogP contribution in [0.2, 0.25) is 0 Å². The highest BCUT2D eigenvalue weighted by molar-refractivity contribution is 7.89. The summed E-state index contributed by atoms with van der Waals surface area (Å²) in [6.45, 7) is 2.32. The van der Waals surface area contributed by atoms with Crippen molar-refractivity contribution in [1.82, 2.24) is 14.9 Å². The molecule has 0 spiro atoms. The molecule has 102 valence electrons. The predicted molar refractivity (Wildman–Crippen MR) is 73.1 cm³/mol. The molecule has 0 atom stereocenters. The van der Waals surface area contributed by atoms with Crippen LogP contribution in [0.15, 0.2) is 35.4 Å². The van der Waals surface area contributed by atoms with Gasteiger partial charge in [-0.3, -0.25) is 5.10 Å². The van der Waals surface area contributed by atoms with Crippen LogP contribution in [-0.4, -0.2) is 25.2 Å². The van der Waals surface area contributed by atoms with Gasteiger partial charge in [0, 0.05) is 6.54 Å². The molecule has 0 aliphatic heterocycles. The van der Waals surface area contributed by atoms with Crippen molar-refractivity contribution >= 4 is 15.8 Å². The first-order chi connectivity index (χ1) is 9.00. The molecule has 0 saturated heterocycles. The third-order valence-electron chi connectivity index (χ3n) is 2.87. The molecule has 1 aromatic carbocycles. The number of H-pyrrole nitrogens is 1. The number of nitrogen functional groups attached to an aromatic ring is 1. The number of hydrogen-bond acceptors (Lipinski definition) is 4. The molecule has 0 aliphatic rings. The van der Waals surface area contributed by atoms with Gasteiger partial charge in [-0.1, -0.05) is 24.3 Å². The number of nitrogens with one attached hydrogen (secondary N) is 2. The van der Waals surface area contributed by atoms with Crippen molar-refractivity contribution in [2.45, 2.75) is 18.2 Å². The minimum Gasteiger partial charge on any atom is -0.383 e. The van der Waals surface area contributed by atoms with Crippen LogP contribution >= 0.6 is 0 Å². The summed E-state index contributed by atoms with van der Waals surface area (Å²) in [5, 5.41) is 6.00. The average molecular weight is 280 g/mol. The molecule has 19 heavy (non-hydrogen) atoms. The largest absolute Gasteiger partial charge is 0.383 e. The summed E-state index contributed by atoms with van der Waals surface area (Å²) in [6.07, 6.45) is 1.83. The molecule has 7 heteroatoms. The number of aromatic amines is 1. The van der Waals surface area contributed by atoms with Crippen molar-refractivity contribution < 1.29 is 8.42 Å².